The van der Waals surface area contributed by atoms with Crippen LogP contribution in [0.2, 0.25) is 0 Å². The van der Waals surface area contributed by atoms with Crippen molar-refractivity contribution >= 4 is 11.7 Å². The molecule has 0 atom stereocenters. The molecule has 1 aromatic heterocycles. The number of ether oxygens (including phenoxy) is 1. The predicted molar refractivity (Wildman–Crippen MR) is 130 cm³/mol. The van der Waals surface area contributed by atoms with Gasteiger partial charge in [0.1, 0.15) is 0 Å². The van der Waals surface area contributed by atoms with Crippen molar-refractivity contribution in [1.29, 1.82) is 0 Å². The number of aryl methyl sites for hydroxylation is 2. The summed E-state index contributed by atoms with van der Waals surface area (Å²) in [5.41, 5.74) is 7.00. The molecule has 32 heavy (non-hydrogen) atoms. The van der Waals surface area contributed by atoms with E-state index < -0.39 is 5.97 Å². The van der Waals surface area contributed by atoms with Gasteiger partial charge < -0.3 is 14.7 Å². The topological polar surface area (TPSA) is 62.7 Å². The number of anilines is 1. The average molecular weight is 439 g/mol. The summed E-state index contributed by atoms with van der Waals surface area (Å²) in [6, 6.07) is 8.42. The highest BCUT2D eigenvalue weighted by Gasteiger charge is 2.30. The summed E-state index contributed by atoms with van der Waals surface area (Å²) in [4.78, 5) is 18.9. The molecule has 1 fully saturated rings. The first kappa shape index (κ1) is 24.2. The van der Waals surface area contributed by atoms with Crippen LogP contribution in [0.4, 0.5) is 5.69 Å². The van der Waals surface area contributed by atoms with Gasteiger partial charge in [0, 0.05) is 35.6 Å². The smallest absolute Gasteiger partial charge is 0.307 e. The maximum atomic E-state index is 11.7. The van der Waals surface area contributed by atoms with Crippen LogP contribution < -0.4 is 4.90 Å². The molecule has 1 N–H and O–H groups in total. The average Bonchev–Trinajstić information content (AvgIpc) is 2.68. The molecule has 0 saturated carbocycles. The van der Waals surface area contributed by atoms with E-state index in [9.17, 15) is 9.90 Å². The van der Waals surface area contributed by atoms with Gasteiger partial charge in [-0.05, 0) is 64.0 Å². The Hall–Kier alpha value is -2.40. The van der Waals surface area contributed by atoms with Crippen LogP contribution in [0.3, 0.4) is 0 Å². The quantitative estimate of drug-likeness (QED) is 0.605. The van der Waals surface area contributed by atoms with Crippen LogP contribution in [0.1, 0.15) is 70.0 Å². The van der Waals surface area contributed by atoms with Crippen molar-refractivity contribution in [1.82, 2.24) is 4.98 Å². The molecular weight excluding hydrogens is 400 g/mol. The number of carboxylic acids is 1. The molecule has 1 aromatic carbocycles. The zero-order valence-corrected chi connectivity index (χ0v) is 20.7. The third kappa shape index (κ3) is 5.89. The van der Waals surface area contributed by atoms with Gasteiger partial charge in [-0.2, -0.15) is 0 Å². The van der Waals surface area contributed by atoms with Crippen molar-refractivity contribution in [2.45, 2.75) is 79.9 Å². The van der Waals surface area contributed by atoms with E-state index in [1.165, 1.54) is 0 Å². The lowest BCUT2D eigenvalue weighted by molar-refractivity contribution is -0.136. The Bertz CT molecular complexity index is 962. The van der Waals surface area contributed by atoms with Crippen LogP contribution in [0, 0.1) is 19.3 Å². The maximum absolute atomic E-state index is 11.7. The molecule has 1 aliphatic rings. The fourth-order valence-electron chi connectivity index (χ4n) is 4.33. The molecule has 1 saturated heterocycles. The SMILES string of the molecule is Cc1nc(C)c(-c2ccc(COC(C)(C)C)cc2)c(N2CCC(C)(C)CC2)c1CC(=O)O. The minimum Gasteiger partial charge on any atom is -0.481 e. The van der Waals surface area contributed by atoms with Crippen molar-refractivity contribution in [2.24, 2.45) is 5.41 Å². The third-order valence-corrected chi connectivity index (χ3v) is 6.33. The number of aromatic nitrogens is 1. The van der Waals surface area contributed by atoms with Gasteiger partial charge in [0.05, 0.1) is 24.3 Å². The number of aliphatic carboxylic acids is 1. The second-order valence-electron chi connectivity index (χ2n) is 10.8. The highest BCUT2D eigenvalue weighted by Crippen LogP contribution is 2.41. The molecule has 3 rings (SSSR count). The molecule has 1 aliphatic heterocycles. The standard InChI is InChI=1S/C27H38N2O3/c1-18-22(16-23(30)31)25(29-14-12-27(6,7)13-15-29)24(19(2)28-18)21-10-8-20(9-11-21)17-32-26(3,4)5/h8-11H,12-17H2,1-7H3,(H,30,31). The molecule has 0 unspecified atom stereocenters. The fraction of sp³-hybridized carbons (Fsp3) is 0.556. The number of piperidine rings is 1. The summed E-state index contributed by atoms with van der Waals surface area (Å²) in [6.45, 7) is 17.2. The van der Waals surface area contributed by atoms with E-state index in [2.05, 4.69) is 63.8 Å². The lowest BCUT2D eigenvalue weighted by Gasteiger charge is -2.40. The van der Waals surface area contributed by atoms with Crippen molar-refractivity contribution < 1.29 is 14.6 Å². The number of carbonyl (C=O) groups is 1. The van der Waals surface area contributed by atoms with E-state index >= 15 is 0 Å². The zero-order chi connectivity index (χ0) is 23.7. The molecule has 0 bridgehead atoms. The van der Waals surface area contributed by atoms with E-state index in [1.807, 2.05) is 13.8 Å². The minimum absolute atomic E-state index is 0.0150. The Morgan fingerprint density at radius 3 is 2.22 bits per heavy atom. The molecule has 0 aliphatic carbocycles. The molecule has 174 valence electrons. The van der Waals surface area contributed by atoms with Crippen molar-refractivity contribution in [3.63, 3.8) is 0 Å². The molecule has 0 amide bonds. The van der Waals surface area contributed by atoms with E-state index in [4.69, 9.17) is 9.72 Å². The first-order valence-electron chi connectivity index (χ1n) is 11.6. The van der Waals surface area contributed by atoms with Gasteiger partial charge in [0.15, 0.2) is 0 Å². The molecule has 5 nitrogen and oxygen atoms in total. The molecule has 2 aromatic rings. The number of pyridine rings is 1. The third-order valence-electron chi connectivity index (χ3n) is 6.33. The highest BCUT2D eigenvalue weighted by molar-refractivity contribution is 5.86. The largest absolute Gasteiger partial charge is 0.481 e. The van der Waals surface area contributed by atoms with Crippen LogP contribution in [0.15, 0.2) is 24.3 Å². The van der Waals surface area contributed by atoms with Gasteiger partial charge in [0.25, 0.3) is 0 Å². The highest BCUT2D eigenvalue weighted by atomic mass is 16.5. The number of benzene rings is 1. The molecule has 2 heterocycles. The molecule has 0 spiro atoms. The second kappa shape index (κ2) is 9.22. The second-order valence-corrected chi connectivity index (χ2v) is 10.8. The van der Waals surface area contributed by atoms with E-state index in [0.717, 1.165) is 65.3 Å². The lowest BCUT2D eigenvalue weighted by Crippen LogP contribution is -2.38. The summed E-state index contributed by atoms with van der Waals surface area (Å²) < 4.78 is 5.92. The Morgan fingerprint density at radius 2 is 1.69 bits per heavy atom. The van der Waals surface area contributed by atoms with E-state index in [-0.39, 0.29) is 12.0 Å². The Kier molecular flexibility index (Phi) is 6.99. The van der Waals surface area contributed by atoms with Crippen molar-refractivity contribution in [2.75, 3.05) is 18.0 Å². The summed E-state index contributed by atoms with van der Waals surface area (Å²) in [7, 11) is 0. The van der Waals surface area contributed by atoms with Gasteiger partial charge in [-0.1, -0.05) is 38.1 Å². The summed E-state index contributed by atoms with van der Waals surface area (Å²) >= 11 is 0. The minimum atomic E-state index is -0.821. The normalized spacial score (nSPS) is 16.3. The van der Waals surface area contributed by atoms with Gasteiger partial charge >= 0.3 is 5.97 Å². The zero-order valence-electron chi connectivity index (χ0n) is 20.7. The number of carboxylic acid groups (broad SMARTS) is 1. The summed E-state index contributed by atoms with van der Waals surface area (Å²) in [5.74, 6) is -0.821. The van der Waals surface area contributed by atoms with Gasteiger partial charge in [-0.15, -0.1) is 0 Å². The Balaban J connectivity index is 2.05. The van der Waals surface area contributed by atoms with Gasteiger partial charge in [-0.25, -0.2) is 0 Å². The Labute approximate surface area is 192 Å². The molecule has 5 heteroatoms. The van der Waals surface area contributed by atoms with Crippen LogP contribution in [0.25, 0.3) is 11.1 Å². The number of hydrogen-bond acceptors (Lipinski definition) is 4. The number of nitrogens with zero attached hydrogens (tertiary/aromatic N) is 2. The van der Waals surface area contributed by atoms with Crippen LogP contribution >= 0.6 is 0 Å². The van der Waals surface area contributed by atoms with Crippen LogP contribution in [-0.2, 0) is 22.6 Å². The number of hydrogen-bond donors (Lipinski definition) is 1. The molecular formula is C27H38N2O3. The summed E-state index contributed by atoms with van der Waals surface area (Å²) in [6.07, 6.45) is 2.16. The van der Waals surface area contributed by atoms with Gasteiger partial charge in [0.2, 0.25) is 0 Å². The van der Waals surface area contributed by atoms with E-state index in [0.29, 0.717) is 12.0 Å². The Morgan fingerprint density at radius 1 is 1.09 bits per heavy atom. The van der Waals surface area contributed by atoms with Gasteiger partial charge in [-0.3, -0.25) is 9.78 Å². The monoisotopic (exact) mass is 438 g/mol. The lowest BCUT2D eigenvalue weighted by atomic mass is 9.82. The maximum Gasteiger partial charge on any atom is 0.307 e. The first-order valence-corrected chi connectivity index (χ1v) is 11.6. The first-order chi connectivity index (χ1) is 14.9. The van der Waals surface area contributed by atoms with E-state index in [1.54, 1.807) is 0 Å². The summed E-state index contributed by atoms with van der Waals surface area (Å²) in [5, 5.41) is 9.63. The van der Waals surface area contributed by atoms with Crippen LogP contribution in [0.5, 0.6) is 0 Å². The molecule has 0 radical (unpaired) electrons. The predicted octanol–water partition coefficient (Wildman–Crippen LogP) is 5.93. The van der Waals surface area contributed by atoms with Crippen molar-refractivity contribution in [3.05, 3.63) is 46.8 Å². The fourth-order valence-corrected chi connectivity index (χ4v) is 4.33. The number of rotatable bonds is 6. The van der Waals surface area contributed by atoms with Crippen LogP contribution in [-0.4, -0.2) is 34.8 Å². The van der Waals surface area contributed by atoms with Crippen molar-refractivity contribution in [3.8, 4) is 11.1 Å².